The van der Waals surface area contributed by atoms with Crippen molar-refractivity contribution in [2.24, 2.45) is 11.7 Å². The van der Waals surface area contributed by atoms with E-state index in [4.69, 9.17) is 15.6 Å². The molecule has 2 atom stereocenters. The molecule has 1 amide bonds. The molecule has 2 unspecified atom stereocenters. The SMILES string of the molecule is NC1(NC(=O)OCc2ccccc2)CCC(CO)C1. The maximum absolute atomic E-state index is 11.7. The Labute approximate surface area is 112 Å². The van der Waals surface area contributed by atoms with Gasteiger partial charge in [-0.15, -0.1) is 0 Å². The van der Waals surface area contributed by atoms with E-state index in [1.54, 1.807) is 0 Å². The van der Waals surface area contributed by atoms with Gasteiger partial charge in [-0.25, -0.2) is 4.79 Å². The fourth-order valence-corrected chi connectivity index (χ4v) is 2.41. The highest BCUT2D eigenvalue weighted by molar-refractivity contribution is 5.68. The van der Waals surface area contributed by atoms with Gasteiger partial charge in [0.05, 0.1) is 5.66 Å². The van der Waals surface area contributed by atoms with E-state index >= 15 is 0 Å². The minimum absolute atomic E-state index is 0.111. The molecule has 0 heterocycles. The number of aliphatic hydroxyl groups excluding tert-OH is 1. The third kappa shape index (κ3) is 3.94. The van der Waals surface area contributed by atoms with E-state index in [0.29, 0.717) is 12.8 Å². The van der Waals surface area contributed by atoms with Gasteiger partial charge in [-0.05, 0) is 30.7 Å². The van der Waals surface area contributed by atoms with E-state index in [2.05, 4.69) is 5.32 Å². The van der Waals surface area contributed by atoms with Crippen LogP contribution in [0.3, 0.4) is 0 Å². The van der Waals surface area contributed by atoms with Crippen LogP contribution in [0.1, 0.15) is 24.8 Å². The Morgan fingerprint density at radius 1 is 1.47 bits per heavy atom. The number of benzene rings is 1. The summed E-state index contributed by atoms with van der Waals surface area (Å²) < 4.78 is 5.13. The summed E-state index contributed by atoms with van der Waals surface area (Å²) in [6, 6.07) is 9.48. The fourth-order valence-electron chi connectivity index (χ4n) is 2.41. The van der Waals surface area contributed by atoms with Gasteiger partial charge in [0.25, 0.3) is 0 Å². The lowest BCUT2D eigenvalue weighted by molar-refractivity contribution is 0.125. The first-order valence-corrected chi connectivity index (χ1v) is 6.50. The largest absolute Gasteiger partial charge is 0.445 e. The summed E-state index contributed by atoms with van der Waals surface area (Å²) >= 11 is 0. The highest BCUT2D eigenvalue weighted by Crippen LogP contribution is 2.30. The third-order valence-electron chi connectivity index (χ3n) is 3.47. The van der Waals surface area contributed by atoms with Crippen LogP contribution in [0.15, 0.2) is 30.3 Å². The van der Waals surface area contributed by atoms with E-state index < -0.39 is 11.8 Å². The zero-order valence-electron chi connectivity index (χ0n) is 10.8. The van der Waals surface area contributed by atoms with Crippen LogP contribution in [-0.2, 0) is 11.3 Å². The van der Waals surface area contributed by atoms with Crippen LogP contribution < -0.4 is 11.1 Å². The topological polar surface area (TPSA) is 84.6 Å². The minimum Gasteiger partial charge on any atom is -0.445 e. The Bertz CT molecular complexity index is 424. The second-order valence-electron chi connectivity index (χ2n) is 5.13. The van der Waals surface area contributed by atoms with Crippen LogP contribution in [0, 0.1) is 5.92 Å². The standard InChI is InChI=1S/C14H20N2O3/c15-14(7-6-12(8-14)9-17)16-13(18)19-10-11-4-2-1-3-5-11/h1-5,12,17H,6-10,15H2,(H,16,18). The number of hydrogen-bond donors (Lipinski definition) is 3. The average Bonchev–Trinajstić information content (AvgIpc) is 2.79. The monoisotopic (exact) mass is 264 g/mol. The van der Waals surface area contributed by atoms with E-state index in [1.807, 2.05) is 30.3 Å². The number of hydrogen-bond acceptors (Lipinski definition) is 4. The molecule has 1 aromatic rings. The van der Waals surface area contributed by atoms with Crippen molar-refractivity contribution in [1.29, 1.82) is 0 Å². The Hall–Kier alpha value is -1.59. The molecule has 0 aliphatic heterocycles. The fraction of sp³-hybridized carbons (Fsp3) is 0.500. The molecule has 1 aliphatic carbocycles. The van der Waals surface area contributed by atoms with E-state index in [9.17, 15) is 4.79 Å². The summed E-state index contributed by atoms with van der Waals surface area (Å²) in [5.74, 6) is 0.166. The molecule has 5 nitrogen and oxygen atoms in total. The Balaban J connectivity index is 1.78. The molecular formula is C14H20N2O3. The van der Waals surface area contributed by atoms with Crippen molar-refractivity contribution in [1.82, 2.24) is 5.32 Å². The van der Waals surface area contributed by atoms with Gasteiger partial charge in [-0.3, -0.25) is 0 Å². The van der Waals surface area contributed by atoms with Crippen LogP contribution in [0.5, 0.6) is 0 Å². The molecule has 0 saturated heterocycles. The first-order valence-electron chi connectivity index (χ1n) is 6.50. The van der Waals surface area contributed by atoms with E-state index in [0.717, 1.165) is 12.0 Å². The molecule has 1 aromatic carbocycles. The van der Waals surface area contributed by atoms with Crippen molar-refractivity contribution in [3.63, 3.8) is 0 Å². The quantitative estimate of drug-likeness (QED) is 0.717. The van der Waals surface area contributed by atoms with Gasteiger partial charge >= 0.3 is 6.09 Å². The molecule has 0 spiro atoms. The van der Waals surface area contributed by atoms with Gasteiger partial charge in [-0.1, -0.05) is 30.3 Å². The van der Waals surface area contributed by atoms with Crippen molar-refractivity contribution in [3.8, 4) is 0 Å². The Kier molecular flexibility index (Phi) is 4.39. The van der Waals surface area contributed by atoms with Gasteiger partial charge in [0.15, 0.2) is 0 Å². The van der Waals surface area contributed by atoms with Gasteiger partial charge < -0.3 is 20.9 Å². The predicted molar refractivity (Wildman–Crippen MR) is 71.1 cm³/mol. The van der Waals surface area contributed by atoms with Gasteiger partial charge in [-0.2, -0.15) is 0 Å². The zero-order valence-corrected chi connectivity index (χ0v) is 10.8. The van der Waals surface area contributed by atoms with Crippen molar-refractivity contribution in [3.05, 3.63) is 35.9 Å². The summed E-state index contributed by atoms with van der Waals surface area (Å²) in [6.07, 6.45) is 1.57. The van der Waals surface area contributed by atoms with Gasteiger partial charge in [0, 0.05) is 6.61 Å². The molecule has 1 fully saturated rings. The first-order chi connectivity index (χ1) is 9.11. The molecule has 4 N–H and O–H groups in total. The number of amides is 1. The molecule has 0 bridgehead atoms. The maximum Gasteiger partial charge on any atom is 0.408 e. The molecule has 2 rings (SSSR count). The highest BCUT2D eigenvalue weighted by atomic mass is 16.5. The lowest BCUT2D eigenvalue weighted by Crippen LogP contribution is -2.54. The van der Waals surface area contributed by atoms with E-state index in [-0.39, 0.29) is 19.1 Å². The Morgan fingerprint density at radius 3 is 2.84 bits per heavy atom. The maximum atomic E-state index is 11.7. The second-order valence-corrected chi connectivity index (χ2v) is 5.13. The number of rotatable bonds is 4. The van der Waals surface area contributed by atoms with Crippen LogP contribution in [-0.4, -0.2) is 23.5 Å². The summed E-state index contributed by atoms with van der Waals surface area (Å²) in [5.41, 5.74) is 6.26. The number of alkyl carbamates (subject to hydrolysis) is 1. The molecule has 0 radical (unpaired) electrons. The summed E-state index contributed by atoms with van der Waals surface area (Å²) in [6.45, 7) is 0.339. The smallest absolute Gasteiger partial charge is 0.408 e. The van der Waals surface area contributed by atoms with E-state index in [1.165, 1.54) is 0 Å². The van der Waals surface area contributed by atoms with Crippen molar-refractivity contribution < 1.29 is 14.6 Å². The third-order valence-corrected chi connectivity index (χ3v) is 3.47. The van der Waals surface area contributed by atoms with Crippen LogP contribution in [0.25, 0.3) is 0 Å². The average molecular weight is 264 g/mol. The van der Waals surface area contributed by atoms with Crippen molar-refractivity contribution in [2.45, 2.75) is 31.5 Å². The molecule has 1 saturated carbocycles. The highest BCUT2D eigenvalue weighted by Gasteiger charge is 2.37. The number of carbonyl (C=O) groups excluding carboxylic acids is 1. The normalized spacial score (nSPS) is 26.1. The lowest BCUT2D eigenvalue weighted by Gasteiger charge is -2.25. The van der Waals surface area contributed by atoms with Gasteiger partial charge in [0.2, 0.25) is 0 Å². The number of nitrogens with one attached hydrogen (secondary N) is 1. The predicted octanol–water partition coefficient (Wildman–Crippen LogP) is 1.36. The number of carbonyl (C=O) groups is 1. The number of aliphatic hydroxyl groups is 1. The summed E-state index contributed by atoms with van der Waals surface area (Å²) in [5, 5.41) is 11.8. The van der Waals surface area contributed by atoms with Crippen LogP contribution in [0.4, 0.5) is 4.79 Å². The van der Waals surface area contributed by atoms with Crippen LogP contribution in [0.2, 0.25) is 0 Å². The van der Waals surface area contributed by atoms with Crippen molar-refractivity contribution in [2.75, 3.05) is 6.61 Å². The molecule has 0 aromatic heterocycles. The summed E-state index contributed by atoms with van der Waals surface area (Å²) in [7, 11) is 0. The molecule has 104 valence electrons. The summed E-state index contributed by atoms with van der Waals surface area (Å²) in [4.78, 5) is 11.7. The lowest BCUT2D eigenvalue weighted by atomic mass is 10.1. The number of nitrogens with two attached hydrogens (primary N) is 1. The molecular weight excluding hydrogens is 244 g/mol. The van der Waals surface area contributed by atoms with Crippen LogP contribution >= 0.6 is 0 Å². The Morgan fingerprint density at radius 2 is 2.21 bits per heavy atom. The molecule has 1 aliphatic rings. The number of ether oxygens (including phenoxy) is 1. The molecule has 5 heteroatoms. The minimum atomic E-state index is -0.749. The molecule has 19 heavy (non-hydrogen) atoms. The van der Waals surface area contributed by atoms with Crippen molar-refractivity contribution >= 4 is 6.09 Å². The zero-order chi connectivity index (χ0) is 13.7. The second kappa shape index (κ2) is 6.04. The first kappa shape index (κ1) is 13.8. The van der Waals surface area contributed by atoms with Gasteiger partial charge in [0.1, 0.15) is 6.61 Å².